The standard InChI is InChI=1S/C2H6S.ClH.Na/c1-2-3;;/h3H,2H2,1H3;1H;. The van der Waals surface area contributed by atoms with Crippen molar-refractivity contribution >= 4 is 54.6 Å². The monoisotopic (exact) mass is 121 g/mol. The fraction of sp³-hybridized carbons (Fsp3) is 1.00. The molecule has 3 heteroatoms. The molecule has 0 nitrogen and oxygen atoms in total. The first-order valence-electron chi connectivity index (χ1n) is 1.02. The van der Waals surface area contributed by atoms with Gasteiger partial charge in [-0.15, -0.1) is 12.4 Å². The molecule has 0 saturated heterocycles. The molecule has 0 amide bonds. The number of halogens is 1. The van der Waals surface area contributed by atoms with Crippen molar-refractivity contribution in [1.82, 2.24) is 0 Å². The molecule has 0 rings (SSSR count). The van der Waals surface area contributed by atoms with Crippen molar-refractivity contribution in [2.24, 2.45) is 0 Å². The van der Waals surface area contributed by atoms with E-state index in [1.807, 2.05) is 6.92 Å². The van der Waals surface area contributed by atoms with Crippen LogP contribution in [-0.2, 0) is 0 Å². The Labute approximate surface area is 66.8 Å². The second kappa shape index (κ2) is 17.4. The van der Waals surface area contributed by atoms with E-state index in [1.165, 1.54) is 0 Å². The summed E-state index contributed by atoms with van der Waals surface area (Å²) in [5, 5.41) is 0. The van der Waals surface area contributed by atoms with Crippen molar-refractivity contribution < 1.29 is 0 Å². The first-order valence-corrected chi connectivity index (χ1v) is 1.66. The van der Waals surface area contributed by atoms with Gasteiger partial charge in [-0.25, -0.2) is 0 Å². The van der Waals surface area contributed by atoms with Gasteiger partial charge >= 0.3 is 0 Å². The van der Waals surface area contributed by atoms with Crippen LogP contribution in [0, 0.1) is 0 Å². The Balaban J connectivity index is -0.0000000200. The van der Waals surface area contributed by atoms with E-state index in [-0.39, 0.29) is 42.0 Å². The van der Waals surface area contributed by atoms with Gasteiger partial charge in [0.2, 0.25) is 0 Å². The smallest absolute Gasteiger partial charge is 0 e. The average molecular weight is 122 g/mol. The van der Waals surface area contributed by atoms with Crippen molar-refractivity contribution in [2.45, 2.75) is 6.92 Å². The van der Waals surface area contributed by atoms with E-state index in [4.69, 9.17) is 0 Å². The predicted octanol–water partition coefficient (Wildman–Crippen LogP) is 0.977. The summed E-state index contributed by atoms with van der Waals surface area (Å²) in [4.78, 5) is 0. The molecule has 0 spiro atoms. The molecule has 0 aliphatic carbocycles. The maximum atomic E-state index is 3.79. The molecule has 0 saturated carbocycles. The largest absolute Gasteiger partial charge is 0.180 e. The van der Waals surface area contributed by atoms with Crippen LogP contribution in [0.15, 0.2) is 0 Å². The van der Waals surface area contributed by atoms with Gasteiger partial charge in [0.1, 0.15) is 0 Å². The van der Waals surface area contributed by atoms with Crippen LogP contribution in [0.5, 0.6) is 0 Å². The van der Waals surface area contributed by atoms with Gasteiger partial charge in [-0.2, -0.15) is 12.6 Å². The fourth-order valence-electron chi connectivity index (χ4n) is 0. The molecule has 0 N–H and O–H groups in total. The molecular formula is C2H7ClNaS. The molecule has 0 atom stereocenters. The molecule has 0 heterocycles. The van der Waals surface area contributed by atoms with Crippen LogP contribution in [0.4, 0.5) is 0 Å². The van der Waals surface area contributed by atoms with E-state index >= 15 is 0 Å². The second-order valence-corrected chi connectivity index (χ2v) is 0.949. The number of hydrogen-bond donors (Lipinski definition) is 1. The van der Waals surface area contributed by atoms with Crippen LogP contribution in [0.1, 0.15) is 6.92 Å². The molecule has 0 aromatic carbocycles. The summed E-state index contributed by atoms with van der Waals surface area (Å²) in [6.07, 6.45) is 0. The quantitative estimate of drug-likeness (QED) is 0.359. The molecule has 0 aliphatic heterocycles. The summed E-state index contributed by atoms with van der Waals surface area (Å²) >= 11 is 3.79. The molecule has 0 aromatic rings. The van der Waals surface area contributed by atoms with Crippen LogP contribution >= 0.6 is 25.0 Å². The summed E-state index contributed by atoms with van der Waals surface area (Å²) < 4.78 is 0. The summed E-state index contributed by atoms with van der Waals surface area (Å²) in [5.74, 6) is 0.944. The normalized spacial score (nSPS) is 3.60. The van der Waals surface area contributed by atoms with Crippen molar-refractivity contribution in [3.63, 3.8) is 0 Å². The van der Waals surface area contributed by atoms with Gasteiger partial charge in [0.05, 0.1) is 0 Å². The molecule has 0 aliphatic rings. The molecule has 0 unspecified atom stereocenters. The number of hydrogen-bond acceptors (Lipinski definition) is 1. The van der Waals surface area contributed by atoms with E-state index in [1.54, 1.807) is 0 Å². The van der Waals surface area contributed by atoms with Crippen LogP contribution in [0.25, 0.3) is 0 Å². The van der Waals surface area contributed by atoms with E-state index in [9.17, 15) is 0 Å². The van der Waals surface area contributed by atoms with E-state index in [2.05, 4.69) is 12.6 Å². The van der Waals surface area contributed by atoms with E-state index in [0.717, 1.165) is 5.75 Å². The molecule has 1 radical (unpaired) electrons. The second-order valence-electron chi connectivity index (χ2n) is 0.316. The molecule has 0 fully saturated rings. The zero-order valence-electron chi connectivity index (χ0n) is 3.56. The first-order chi connectivity index (χ1) is 1.41. The molecule has 0 bridgehead atoms. The van der Waals surface area contributed by atoms with Gasteiger partial charge in [-0.1, -0.05) is 6.92 Å². The average Bonchev–Trinajstić information content (AvgIpc) is 0.918. The Morgan fingerprint density at radius 1 is 1.60 bits per heavy atom. The Hall–Kier alpha value is 1.64. The zero-order valence-corrected chi connectivity index (χ0v) is 7.27. The van der Waals surface area contributed by atoms with E-state index < -0.39 is 0 Å². The molecule has 29 valence electrons. The third-order valence-corrected chi connectivity index (χ3v) is 0. The summed E-state index contributed by atoms with van der Waals surface area (Å²) in [7, 11) is 0. The Bertz CT molecular complexity index is 9.61. The van der Waals surface area contributed by atoms with Crippen LogP contribution in [0.3, 0.4) is 0 Å². The zero-order chi connectivity index (χ0) is 2.71. The first kappa shape index (κ1) is 15.9. The van der Waals surface area contributed by atoms with Gasteiger partial charge in [-0.05, 0) is 5.75 Å². The van der Waals surface area contributed by atoms with Crippen molar-refractivity contribution in [3.8, 4) is 0 Å². The Kier molecular flexibility index (Phi) is 55.5. The maximum Gasteiger partial charge on any atom is 0 e. The summed E-state index contributed by atoms with van der Waals surface area (Å²) in [6.45, 7) is 1.99. The van der Waals surface area contributed by atoms with Gasteiger partial charge in [-0.3, -0.25) is 0 Å². The third kappa shape index (κ3) is 27.8. The van der Waals surface area contributed by atoms with Gasteiger partial charge in [0.25, 0.3) is 0 Å². The topological polar surface area (TPSA) is 0 Å². The summed E-state index contributed by atoms with van der Waals surface area (Å²) in [5.41, 5.74) is 0. The van der Waals surface area contributed by atoms with Gasteiger partial charge in [0, 0.05) is 29.6 Å². The van der Waals surface area contributed by atoms with Crippen LogP contribution in [-0.4, -0.2) is 35.3 Å². The minimum atomic E-state index is 0. The predicted molar refractivity (Wildman–Crippen MR) is 32.5 cm³/mol. The van der Waals surface area contributed by atoms with Gasteiger partial charge in [0.15, 0.2) is 0 Å². The number of thiol groups is 1. The minimum absolute atomic E-state index is 0. The fourth-order valence-corrected chi connectivity index (χ4v) is 0. The van der Waals surface area contributed by atoms with Crippen molar-refractivity contribution in [3.05, 3.63) is 0 Å². The van der Waals surface area contributed by atoms with Crippen molar-refractivity contribution in [2.75, 3.05) is 5.75 Å². The maximum absolute atomic E-state index is 3.79. The van der Waals surface area contributed by atoms with Crippen LogP contribution in [0.2, 0.25) is 0 Å². The Morgan fingerprint density at radius 2 is 1.60 bits per heavy atom. The molecular weight excluding hydrogens is 115 g/mol. The Morgan fingerprint density at radius 3 is 1.60 bits per heavy atom. The third-order valence-electron chi connectivity index (χ3n) is 0. The molecule has 5 heavy (non-hydrogen) atoms. The van der Waals surface area contributed by atoms with Crippen molar-refractivity contribution in [1.29, 1.82) is 0 Å². The SMILES string of the molecule is CCS.Cl.[Na]. The minimum Gasteiger partial charge on any atom is -0.180 e. The van der Waals surface area contributed by atoms with Gasteiger partial charge < -0.3 is 0 Å². The number of rotatable bonds is 0. The molecule has 0 aromatic heterocycles. The van der Waals surface area contributed by atoms with E-state index in [0.29, 0.717) is 0 Å². The summed E-state index contributed by atoms with van der Waals surface area (Å²) in [6, 6.07) is 0. The van der Waals surface area contributed by atoms with Crippen LogP contribution < -0.4 is 0 Å².